The van der Waals surface area contributed by atoms with Gasteiger partial charge in [0.15, 0.2) is 14.3 Å². The van der Waals surface area contributed by atoms with E-state index in [1.165, 1.54) is 54.0 Å². The van der Waals surface area contributed by atoms with Gasteiger partial charge in [0.1, 0.15) is 0 Å². The van der Waals surface area contributed by atoms with Gasteiger partial charge >= 0.3 is 7.12 Å². The Labute approximate surface area is 450 Å². The van der Waals surface area contributed by atoms with Crippen LogP contribution in [0.3, 0.4) is 0 Å². The standard InChI is InChI=1S/C34H23OP.C18H14BrOP.C16H11BO2/c35-36(28-10-3-1-4-11-28,29-12-5-2-6-13-29)30-20-16-24(17-21-30)31-22-18-27-15-14-25-8-7-9-26-19-23-32(31)34(27)33(25)26;19-15-11-13-18(14-12-15)21(20,16-7-3-1-4-8-16)17-9-5-2-6-10-17;18-17(19)14-9-7-12-5-4-10-2-1-3-11-6-8-13(14)16(12)15(10)11/h1-23H;1-14H;1-9,18-19H. The van der Waals surface area contributed by atoms with E-state index in [0.29, 0.717) is 5.46 Å². The predicted octanol–water partition coefficient (Wildman–Crippen LogP) is 14.2. The molecule has 0 fully saturated rings. The van der Waals surface area contributed by atoms with Gasteiger partial charge < -0.3 is 19.2 Å². The van der Waals surface area contributed by atoms with E-state index in [0.717, 1.165) is 58.0 Å². The molecule has 0 radical (unpaired) electrons. The van der Waals surface area contributed by atoms with Gasteiger partial charge in [-0.1, -0.05) is 271 Å². The predicted molar refractivity (Wildman–Crippen MR) is 328 cm³/mol. The van der Waals surface area contributed by atoms with E-state index < -0.39 is 21.4 Å². The molecule has 8 heteroatoms. The Morgan fingerprint density at radius 1 is 0.289 bits per heavy atom. The first-order chi connectivity index (χ1) is 37.2. The van der Waals surface area contributed by atoms with E-state index in [9.17, 15) is 19.2 Å². The summed E-state index contributed by atoms with van der Waals surface area (Å²) in [7, 11) is -7.24. The van der Waals surface area contributed by atoms with Crippen LogP contribution in [0.15, 0.2) is 284 Å². The second-order valence-electron chi connectivity index (χ2n) is 18.9. The van der Waals surface area contributed by atoms with Crippen LogP contribution in [-0.2, 0) is 9.13 Å². The van der Waals surface area contributed by atoms with Crippen LogP contribution in [0.1, 0.15) is 0 Å². The Hall–Kier alpha value is -7.92. The molecule has 0 atom stereocenters. The quantitative estimate of drug-likeness (QED) is 0.0903. The molecule has 0 unspecified atom stereocenters. The van der Waals surface area contributed by atoms with Crippen molar-refractivity contribution in [1.29, 1.82) is 0 Å². The van der Waals surface area contributed by atoms with E-state index in [4.69, 9.17) is 0 Å². The van der Waals surface area contributed by atoms with Crippen molar-refractivity contribution in [2.45, 2.75) is 0 Å². The van der Waals surface area contributed by atoms with Crippen molar-refractivity contribution in [2.75, 3.05) is 0 Å². The van der Waals surface area contributed by atoms with Gasteiger partial charge in [0.05, 0.1) is 0 Å². The van der Waals surface area contributed by atoms with Gasteiger partial charge in [-0.2, -0.15) is 0 Å². The van der Waals surface area contributed by atoms with Gasteiger partial charge in [-0.25, -0.2) is 0 Å². The lowest BCUT2D eigenvalue weighted by Crippen LogP contribution is -2.30. The first-order valence-electron chi connectivity index (χ1n) is 25.2. The smallest absolute Gasteiger partial charge is 0.423 e. The SMILES string of the molecule is O=P(c1ccccc1)(c1ccccc1)c1ccc(-c2ccc3ccc4cccc5ccc2c3c45)cc1.O=P(c1ccccc1)(c1ccccc1)c1ccc(Br)cc1.OB(O)c1ccc2ccc3cccc4ccc1c2c34. The Morgan fingerprint density at radius 3 is 1.01 bits per heavy atom. The molecule has 0 aliphatic carbocycles. The molecule has 0 aliphatic heterocycles. The summed E-state index contributed by atoms with van der Waals surface area (Å²) in [6.45, 7) is 0. The van der Waals surface area contributed by atoms with Gasteiger partial charge in [-0.3, -0.25) is 0 Å². The molecule has 14 aromatic carbocycles. The fourth-order valence-corrected chi connectivity index (χ4v) is 16.5. The number of hydrogen-bond donors (Lipinski definition) is 2. The molecule has 364 valence electrons. The zero-order chi connectivity index (χ0) is 51.8. The molecule has 0 aromatic heterocycles. The lowest BCUT2D eigenvalue weighted by molar-refractivity contribution is 0.426. The molecule has 0 heterocycles. The van der Waals surface area contributed by atoms with Crippen LogP contribution in [0.5, 0.6) is 0 Å². The van der Waals surface area contributed by atoms with Gasteiger partial charge in [0.2, 0.25) is 0 Å². The van der Waals surface area contributed by atoms with Gasteiger partial charge in [-0.05, 0) is 105 Å². The number of halogens is 1. The van der Waals surface area contributed by atoms with Crippen LogP contribution >= 0.6 is 30.2 Å². The normalized spacial score (nSPS) is 11.7. The monoisotopic (exact) mass is 1080 g/mol. The highest BCUT2D eigenvalue weighted by molar-refractivity contribution is 9.10. The van der Waals surface area contributed by atoms with Crippen molar-refractivity contribution in [3.8, 4) is 11.1 Å². The largest absolute Gasteiger partial charge is 0.489 e. The highest BCUT2D eigenvalue weighted by Crippen LogP contribution is 2.45. The third kappa shape index (κ3) is 8.83. The molecule has 0 spiro atoms. The van der Waals surface area contributed by atoms with E-state index >= 15 is 0 Å². The summed E-state index contributed by atoms with van der Waals surface area (Å²) in [5, 5.41) is 38.5. The van der Waals surface area contributed by atoms with Crippen LogP contribution in [-0.4, -0.2) is 17.2 Å². The summed E-state index contributed by atoms with van der Waals surface area (Å²) >= 11 is 3.43. The van der Waals surface area contributed by atoms with Crippen LogP contribution in [0, 0.1) is 0 Å². The molecule has 0 saturated carbocycles. The van der Waals surface area contributed by atoms with Crippen molar-refractivity contribution >= 4 is 139 Å². The third-order valence-corrected chi connectivity index (χ3v) is 21.3. The maximum absolute atomic E-state index is 14.7. The molecular formula is C68H48BBrO4P2. The van der Waals surface area contributed by atoms with E-state index in [1.54, 1.807) is 6.07 Å². The van der Waals surface area contributed by atoms with Gasteiger partial charge in [0, 0.05) is 36.3 Å². The summed E-state index contributed by atoms with van der Waals surface area (Å²) in [6.07, 6.45) is 0. The summed E-state index contributed by atoms with van der Waals surface area (Å²) in [4.78, 5) is 0. The molecule has 0 amide bonds. The molecule has 0 saturated heterocycles. The molecule has 0 bridgehead atoms. The number of benzene rings is 14. The molecule has 76 heavy (non-hydrogen) atoms. The van der Waals surface area contributed by atoms with Crippen LogP contribution < -0.4 is 37.3 Å². The summed E-state index contributed by atoms with van der Waals surface area (Å²) in [5.41, 5.74) is 2.89. The Morgan fingerprint density at radius 2 is 0.605 bits per heavy atom. The lowest BCUT2D eigenvalue weighted by Gasteiger charge is -2.20. The molecule has 2 N–H and O–H groups in total. The average molecular weight is 1080 g/mol. The fraction of sp³-hybridized carbons (Fsp3) is 0. The highest BCUT2D eigenvalue weighted by atomic mass is 79.9. The molecule has 14 rings (SSSR count). The molecular weight excluding hydrogens is 1030 g/mol. The maximum atomic E-state index is 14.7. The second kappa shape index (κ2) is 20.7. The van der Waals surface area contributed by atoms with E-state index in [1.807, 2.05) is 182 Å². The molecule has 0 aliphatic rings. The zero-order valence-corrected chi connectivity index (χ0v) is 44.5. The molecule has 4 nitrogen and oxygen atoms in total. The van der Waals surface area contributed by atoms with Crippen molar-refractivity contribution in [3.63, 3.8) is 0 Å². The summed E-state index contributed by atoms with van der Waals surface area (Å²) < 4.78 is 29.6. The maximum Gasteiger partial charge on any atom is 0.489 e. The van der Waals surface area contributed by atoms with Gasteiger partial charge in [0.25, 0.3) is 0 Å². The summed E-state index contributed by atoms with van der Waals surface area (Å²) in [5.74, 6) is 0. The third-order valence-electron chi connectivity index (χ3n) is 14.6. The van der Waals surface area contributed by atoms with Crippen molar-refractivity contribution in [1.82, 2.24) is 0 Å². The minimum atomic E-state index is -2.98. The van der Waals surface area contributed by atoms with Crippen LogP contribution in [0.25, 0.3) is 75.8 Å². The van der Waals surface area contributed by atoms with E-state index in [-0.39, 0.29) is 0 Å². The second-order valence-corrected chi connectivity index (χ2v) is 25.4. The summed E-state index contributed by atoms with van der Waals surface area (Å²) in [6, 6.07) is 93.1. The zero-order valence-electron chi connectivity index (χ0n) is 41.1. The number of rotatable bonds is 8. The Kier molecular flexibility index (Phi) is 13.3. The minimum Gasteiger partial charge on any atom is -0.423 e. The highest BCUT2D eigenvalue weighted by Gasteiger charge is 2.31. The van der Waals surface area contributed by atoms with E-state index in [2.05, 4.69) is 107 Å². The van der Waals surface area contributed by atoms with Gasteiger partial charge in [-0.15, -0.1) is 0 Å². The Balaban J connectivity index is 0.000000124. The average Bonchev–Trinajstić information content (AvgIpc) is 3.53. The van der Waals surface area contributed by atoms with Crippen LogP contribution in [0.2, 0.25) is 0 Å². The minimum absolute atomic E-state index is 0.561. The Bertz CT molecular complexity index is 4310. The first kappa shape index (κ1) is 49.0. The van der Waals surface area contributed by atoms with Crippen LogP contribution in [0.4, 0.5) is 0 Å². The molecule has 14 aromatic rings. The first-order valence-corrected chi connectivity index (χ1v) is 29.4. The van der Waals surface area contributed by atoms with Crippen molar-refractivity contribution in [2.24, 2.45) is 0 Å². The topological polar surface area (TPSA) is 74.6 Å². The van der Waals surface area contributed by atoms with Crippen molar-refractivity contribution in [3.05, 3.63) is 284 Å². The number of hydrogen-bond acceptors (Lipinski definition) is 4. The van der Waals surface area contributed by atoms with Crippen molar-refractivity contribution < 1.29 is 19.2 Å². The fourth-order valence-electron chi connectivity index (χ4n) is 10.9. The lowest BCUT2D eigenvalue weighted by atomic mass is 9.75.